The first-order valence-corrected chi connectivity index (χ1v) is 12.1. The molecule has 0 unspecified atom stereocenters. The molecule has 0 saturated heterocycles. The number of benzene rings is 2. The number of hydrogen-bond donors (Lipinski definition) is 1. The van der Waals surface area contributed by atoms with Gasteiger partial charge in [-0.05, 0) is 69.0 Å². The largest absolute Gasteiger partial charge is 0.488 e. The van der Waals surface area contributed by atoms with E-state index in [0.717, 1.165) is 22.3 Å². The molecule has 5 heteroatoms. The standard InChI is InChI=1S/C22H25FO4.3C2H6/c1-13-14(2)19(7-5-15(13)6-8-20(24)25)26-12-17-10-18(23)9-16-11-22(3,4)27-21(16)17;3*1-2/h5,7,9-10H,6,8,11-12H2,1-4H3,(H,24,25);3*1-2H3. The van der Waals surface area contributed by atoms with Crippen molar-refractivity contribution in [1.29, 1.82) is 0 Å². The van der Waals surface area contributed by atoms with Gasteiger partial charge in [0.05, 0.1) is 0 Å². The highest BCUT2D eigenvalue weighted by Crippen LogP contribution is 2.39. The van der Waals surface area contributed by atoms with Crippen LogP contribution < -0.4 is 9.47 Å². The molecule has 0 aliphatic carbocycles. The van der Waals surface area contributed by atoms with Crippen LogP contribution in [0.2, 0.25) is 0 Å². The van der Waals surface area contributed by atoms with E-state index in [9.17, 15) is 9.18 Å². The Bertz CT molecular complexity index is 888. The number of carboxylic acids is 1. The van der Waals surface area contributed by atoms with E-state index in [-0.39, 0.29) is 24.4 Å². The third-order valence-electron chi connectivity index (χ3n) is 5.04. The second kappa shape index (κ2) is 14.6. The third kappa shape index (κ3) is 8.71. The van der Waals surface area contributed by atoms with E-state index in [1.165, 1.54) is 12.1 Å². The first-order chi connectivity index (χ1) is 15.7. The fourth-order valence-electron chi connectivity index (χ4n) is 3.53. The maximum absolute atomic E-state index is 14.0. The minimum absolute atomic E-state index is 0.100. The highest BCUT2D eigenvalue weighted by atomic mass is 19.1. The maximum Gasteiger partial charge on any atom is 0.303 e. The van der Waals surface area contributed by atoms with E-state index < -0.39 is 5.97 Å². The molecule has 1 N–H and O–H groups in total. The lowest BCUT2D eigenvalue weighted by Gasteiger charge is -2.19. The van der Waals surface area contributed by atoms with E-state index in [1.54, 1.807) is 0 Å². The number of halogens is 1. The first kappa shape index (κ1) is 30.4. The normalized spacial score (nSPS) is 12.5. The van der Waals surface area contributed by atoms with Gasteiger partial charge in [0.15, 0.2) is 0 Å². The van der Waals surface area contributed by atoms with Crippen molar-refractivity contribution < 1.29 is 23.8 Å². The van der Waals surface area contributed by atoms with E-state index >= 15 is 0 Å². The molecule has 0 bridgehead atoms. The molecule has 33 heavy (non-hydrogen) atoms. The summed E-state index contributed by atoms with van der Waals surface area (Å²) in [5.74, 6) is 0.330. The van der Waals surface area contributed by atoms with Crippen LogP contribution >= 0.6 is 0 Å². The van der Waals surface area contributed by atoms with Crippen LogP contribution in [0.15, 0.2) is 24.3 Å². The van der Waals surface area contributed by atoms with Crippen molar-refractivity contribution in [2.24, 2.45) is 0 Å². The first-order valence-electron chi connectivity index (χ1n) is 12.1. The Balaban J connectivity index is 0.00000158. The van der Waals surface area contributed by atoms with Crippen molar-refractivity contribution in [3.8, 4) is 11.5 Å². The summed E-state index contributed by atoms with van der Waals surface area (Å²) in [6.45, 7) is 20.1. The number of rotatable bonds is 6. The average Bonchev–Trinajstić information content (AvgIpc) is 3.11. The Kier molecular flexibility index (Phi) is 13.4. The zero-order valence-corrected chi connectivity index (χ0v) is 22.2. The molecule has 4 nitrogen and oxygen atoms in total. The van der Waals surface area contributed by atoms with Crippen LogP contribution in [0.3, 0.4) is 0 Å². The van der Waals surface area contributed by atoms with Gasteiger partial charge in [-0.25, -0.2) is 4.39 Å². The van der Waals surface area contributed by atoms with Gasteiger partial charge in [-0.15, -0.1) is 0 Å². The molecule has 1 aliphatic heterocycles. The van der Waals surface area contributed by atoms with Crippen molar-refractivity contribution in [2.45, 2.75) is 101 Å². The van der Waals surface area contributed by atoms with Gasteiger partial charge >= 0.3 is 5.97 Å². The molecule has 0 spiro atoms. The highest BCUT2D eigenvalue weighted by Gasteiger charge is 2.32. The maximum atomic E-state index is 14.0. The molecule has 1 heterocycles. The Morgan fingerprint density at radius 2 is 1.64 bits per heavy atom. The summed E-state index contributed by atoms with van der Waals surface area (Å²) in [5.41, 5.74) is 4.21. The average molecular weight is 463 g/mol. The van der Waals surface area contributed by atoms with Gasteiger partial charge in [0.1, 0.15) is 29.5 Å². The predicted octanol–water partition coefficient (Wildman–Crippen LogP) is 7.83. The van der Waals surface area contributed by atoms with E-state index in [1.807, 2.05) is 81.4 Å². The number of aliphatic carboxylic acids is 1. The number of aryl methyl sites for hydroxylation is 1. The van der Waals surface area contributed by atoms with Crippen molar-refractivity contribution in [2.75, 3.05) is 0 Å². The molecule has 0 fully saturated rings. The molecule has 3 rings (SSSR count). The number of hydrogen-bond acceptors (Lipinski definition) is 3. The lowest BCUT2D eigenvalue weighted by atomic mass is 9.99. The van der Waals surface area contributed by atoms with Crippen LogP contribution in [0.25, 0.3) is 0 Å². The van der Waals surface area contributed by atoms with Crippen LogP contribution in [0.4, 0.5) is 4.39 Å². The number of ether oxygens (including phenoxy) is 2. The van der Waals surface area contributed by atoms with Gasteiger partial charge < -0.3 is 14.6 Å². The Hall–Kier alpha value is -2.56. The minimum atomic E-state index is -0.810. The second-order valence-corrected chi connectivity index (χ2v) is 7.75. The summed E-state index contributed by atoms with van der Waals surface area (Å²) in [7, 11) is 0. The summed E-state index contributed by atoms with van der Waals surface area (Å²) in [6, 6.07) is 6.74. The fraction of sp³-hybridized carbons (Fsp3) is 0.536. The molecular weight excluding hydrogens is 419 g/mol. The molecule has 0 atom stereocenters. The van der Waals surface area contributed by atoms with E-state index in [0.29, 0.717) is 29.9 Å². The van der Waals surface area contributed by atoms with Crippen molar-refractivity contribution >= 4 is 5.97 Å². The summed E-state index contributed by atoms with van der Waals surface area (Å²) in [5, 5.41) is 8.87. The molecular formula is C28H43FO4. The Morgan fingerprint density at radius 1 is 1.03 bits per heavy atom. The molecule has 2 aromatic carbocycles. The molecule has 0 radical (unpaired) electrons. The predicted molar refractivity (Wildman–Crippen MR) is 135 cm³/mol. The molecule has 186 valence electrons. The van der Waals surface area contributed by atoms with Crippen molar-refractivity contribution in [1.82, 2.24) is 0 Å². The van der Waals surface area contributed by atoms with Crippen LogP contribution in [-0.2, 0) is 24.2 Å². The van der Waals surface area contributed by atoms with Gasteiger partial charge in [0.2, 0.25) is 0 Å². The second-order valence-electron chi connectivity index (χ2n) is 7.75. The summed E-state index contributed by atoms with van der Waals surface area (Å²) >= 11 is 0. The third-order valence-corrected chi connectivity index (χ3v) is 5.04. The molecule has 0 amide bonds. The van der Waals surface area contributed by atoms with E-state index in [4.69, 9.17) is 14.6 Å². The molecule has 1 aliphatic rings. The lowest BCUT2D eigenvalue weighted by Crippen LogP contribution is -2.25. The molecule has 0 saturated carbocycles. The zero-order valence-electron chi connectivity index (χ0n) is 22.2. The van der Waals surface area contributed by atoms with Crippen LogP contribution in [0, 0.1) is 19.7 Å². The van der Waals surface area contributed by atoms with Gasteiger partial charge in [0, 0.05) is 24.0 Å². The monoisotopic (exact) mass is 462 g/mol. The van der Waals surface area contributed by atoms with Crippen LogP contribution in [0.5, 0.6) is 11.5 Å². The smallest absolute Gasteiger partial charge is 0.303 e. The van der Waals surface area contributed by atoms with Crippen LogP contribution in [-0.4, -0.2) is 16.7 Å². The van der Waals surface area contributed by atoms with E-state index in [2.05, 4.69) is 0 Å². The number of carboxylic acid groups (broad SMARTS) is 1. The summed E-state index contributed by atoms with van der Waals surface area (Å²) in [4.78, 5) is 10.8. The van der Waals surface area contributed by atoms with Gasteiger partial charge in [-0.1, -0.05) is 47.6 Å². The van der Waals surface area contributed by atoms with Gasteiger partial charge in [-0.2, -0.15) is 0 Å². The zero-order chi connectivity index (χ0) is 25.8. The highest BCUT2D eigenvalue weighted by molar-refractivity contribution is 5.67. The topological polar surface area (TPSA) is 55.8 Å². The Labute approximate surface area is 200 Å². The molecule has 2 aromatic rings. The van der Waals surface area contributed by atoms with Crippen molar-refractivity contribution in [3.63, 3.8) is 0 Å². The quantitative estimate of drug-likeness (QED) is 0.475. The lowest BCUT2D eigenvalue weighted by molar-refractivity contribution is -0.136. The number of carbonyl (C=O) groups is 1. The molecule has 0 aromatic heterocycles. The Morgan fingerprint density at radius 3 is 2.21 bits per heavy atom. The van der Waals surface area contributed by atoms with Crippen molar-refractivity contribution in [3.05, 3.63) is 57.9 Å². The fourth-order valence-corrected chi connectivity index (χ4v) is 3.53. The summed E-state index contributed by atoms with van der Waals surface area (Å²) in [6.07, 6.45) is 1.26. The number of fused-ring (bicyclic) bond motifs is 1. The van der Waals surface area contributed by atoms with Gasteiger partial charge in [-0.3, -0.25) is 4.79 Å². The summed E-state index contributed by atoms with van der Waals surface area (Å²) < 4.78 is 26.0. The van der Waals surface area contributed by atoms with Gasteiger partial charge in [0.25, 0.3) is 0 Å². The minimum Gasteiger partial charge on any atom is -0.488 e. The SMILES string of the molecule is CC.CC.CC.Cc1c(CCC(=O)O)ccc(OCc2cc(F)cc3c2OC(C)(C)C3)c1C. The van der Waals surface area contributed by atoms with Crippen LogP contribution in [0.1, 0.15) is 89.6 Å².